The zero-order valence-electron chi connectivity index (χ0n) is 10.0. The van der Waals surface area contributed by atoms with Crippen molar-refractivity contribution in [3.63, 3.8) is 0 Å². The highest BCUT2D eigenvalue weighted by Gasteiger charge is 2.17. The van der Waals surface area contributed by atoms with Gasteiger partial charge in [-0.3, -0.25) is 4.79 Å². The summed E-state index contributed by atoms with van der Waals surface area (Å²) in [5.41, 5.74) is 5.24. The first kappa shape index (κ1) is 14.7. The molecule has 2 N–H and O–H groups in total. The van der Waals surface area contributed by atoms with Crippen molar-refractivity contribution in [2.24, 2.45) is 5.73 Å². The largest absolute Gasteiger partial charge is 0.454 e. The maximum absolute atomic E-state index is 11.6. The van der Waals surface area contributed by atoms with Crippen LogP contribution in [-0.4, -0.2) is 23.3 Å². The summed E-state index contributed by atoms with van der Waals surface area (Å²) < 4.78 is 4.75. The van der Waals surface area contributed by atoms with Crippen LogP contribution in [0.25, 0.3) is 0 Å². The zero-order valence-corrected chi connectivity index (χ0v) is 10.8. The van der Waals surface area contributed by atoms with E-state index in [0.717, 1.165) is 0 Å². The van der Waals surface area contributed by atoms with Crippen LogP contribution in [0.15, 0.2) is 29.6 Å². The number of nitrogens with two attached hydrogens (primary N) is 1. The predicted octanol–water partition coefficient (Wildman–Crippen LogP) is 1.22. The number of carbonyl (C=O) groups excluding carboxylic acids is 2. The lowest BCUT2D eigenvalue weighted by molar-refractivity contribution is -0.118. The molecule has 0 aliphatic rings. The fraction of sp³-hybridized carbons (Fsp3) is 0.167. The van der Waals surface area contributed by atoms with E-state index in [-0.39, 0.29) is 22.0 Å². The number of rotatable bonds is 4. The smallest absolute Gasteiger partial charge is 0.341 e. The molecule has 7 heteroatoms. The van der Waals surface area contributed by atoms with E-state index >= 15 is 0 Å². The van der Waals surface area contributed by atoms with Crippen molar-refractivity contribution < 1.29 is 14.3 Å². The number of carbonyl (C=O) groups is 2. The molecule has 0 aliphatic heterocycles. The van der Waals surface area contributed by atoms with Gasteiger partial charge in [-0.1, -0.05) is 11.6 Å². The molecule has 0 radical (unpaired) electrons. The monoisotopic (exact) mass is 279 g/mol. The molecule has 0 amide bonds. The van der Waals surface area contributed by atoms with Crippen LogP contribution in [0.4, 0.5) is 0 Å². The second kappa shape index (κ2) is 6.52. The number of allylic oxidation sites excluding steroid dienone is 1. The third-order valence-electron chi connectivity index (χ3n) is 2.10. The van der Waals surface area contributed by atoms with E-state index in [1.54, 1.807) is 6.07 Å². The molecule has 0 aliphatic carbocycles. The SMILES string of the molecule is C/C(N)=C(/C#N)C(=O)COC(=O)c1cccnc1Cl. The molecule has 0 aromatic carbocycles. The summed E-state index contributed by atoms with van der Waals surface area (Å²) >= 11 is 5.70. The molecule has 0 atom stereocenters. The van der Waals surface area contributed by atoms with E-state index in [0.29, 0.717) is 0 Å². The number of nitrogens with zero attached hydrogens (tertiary/aromatic N) is 2. The Morgan fingerprint density at radius 2 is 2.26 bits per heavy atom. The van der Waals surface area contributed by atoms with Crippen molar-refractivity contribution in [2.75, 3.05) is 6.61 Å². The number of aromatic nitrogens is 1. The maximum atomic E-state index is 11.6. The Balaban J connectivity index is 2.72. The van der Waals surface area contributed by atoms with Crippen LogP contribution in [0, 0.1) is 11.3 Å². The van der Waals surface area contributed by atoms with Crippen molar-refractivity contribution in [1.29, 1.82) is 5.26 Å². The predicted molar refractivity (Wildman–Crippen MR) is 67.0 cm³/mol. The Morgan fingerprint density at radius 3 is 2.79 bits per heavy atom. The molecule has 0 spiro atoms. The molecular formula is C12H10ClN3O3. The number of nitriles is 1. The Labute approximate surface area is 114 Å². The average molecular weight is 280 g/mol. The van der Waals surface area contributed by atoms with Gasteiger partial charge in [0.25, 0.3) is 0 Å². The minimum absolute atomic E-state index is 0.0222. The minimum Gasteiger partial charge on any atom is -0.454 e. The van der Waals surface area contributed by atoms with Gasteiger partial charge in [0.2, 0.25) is 5.78 Å². The highest BCUT2D eigenvalue weighted by molar-refractivity contribution is 6.32. The van der Waals surface area contributed by atoms with E-state index in [2.05, 4.69) is 4.98 Å². The first-order valence-corrected chi connectivity index (χ1v) is 5.52. The summed E-state index contributed by atoms with van der Waals surface area (Å²) in [5, 5.41) is 8.69. The lowest BCUT2D eigenvalue weighted by Gasteiger charge is -2.05. The molecule has 1 aromatic heterocycles. The summed E-state index contributed by atoms with van der Waals surface area (Å²) in [7, 11) is 0. The number of halogens is 1. The maximum Gasteiger partial charge on any atom is 0.341 e. The second-order valence-corrected chi connectivity index (χ2v) is 3.87. The van der Waals surface area contributed by atoms with Crippen molar-refractivity contribution in [2.45, 2.75) is 6.92 Å². The topological polar surface area (TPSA) is 106 Å². The first-order valence-electron chi connectivity index (χ1n) is 5.14. The molecule has 0 unspecified atom stereocenters. The lowest BCUT2D eigenvalue weighted by atomic mass is 10.1. The van der Waals surface area contributed by atoms with Crippen LogP contribution < -0.4 is 5.73 Å². The van der Waals surface area contributed by atoms with Crippen molar-refractivity contribution >= 4 is 23.4 Å². The molecular weight excluding hydrogens is 270 g/mol. The molecule has 0 saturated heterocycles. The van der Waals surface area contributed by atoms with Crippen molar-refractivity contribution in [1.82, 2.24) is 4.98 Å². The quantitative estimate of drug-likeness (QED) is 0.384. The van der Waals surface area contributed by atoms with Crippen molar-refractivity contribution in [3.05, 3.63) is 40.3 Å². The van der Waals surface area contributed by atoms with Gasteiger partial charge in [0.1, 0.15) is 16.8 Å². The molecule has 1 rings (SSSR count). The van der Waals surface area contributed by atoms with Gasteiger partial charge in [-0.25, -0.2) is 9.78 Å². The Morgan fingerprint density at radius 1 is 1.58 bits per heavy atom. The molecule has 1 heterocycles. The fourth-order valence-corrected chi connectivity index (χ4v) is 1.39. The Hall–Kier alpha value is -2.39. The number of hydrogen-bond donors (Lipinski definition) is 1. The standard InChI is InChI=1S/C12H10ClN3O3/c1-7(15)9(5-14)10(17)6-19-12(18)8-3-2-4-16-11(8)13/h2-4H,6,15H2,1H3/b9-7+. The van der Waals surface area contributed by atoms with E-state index in [4.69, 9.17) is 27.3 Å². The average Bonchev–Trinajstić information content (AvgIpc) is 2.37. The van der Waals surface area contributed by atoms with Crippen LogP contribution in [0.3, 0.4) is 0 Å². The normalized spacial score (nSPS) is 11.2. The lowest BCUT2D eigenvalue weighted by Crippen LogP contribution is -2.18. The molecule has 19 heavy (non-hydrogen) atoms. The first-order chi connectivity index (χ1) is 8.97. The van der Waals surface area contributed by atoms with Gasteiger partial charge in [0.15, 0.2) is 6.61 Å². The molecule has 98 valence electrons. The molecule has 0 bridgehead atoms. The summed E-state index contributed by atoms with van der Waals surface area (Å²) in [6.07, 6.45) is 1.42. The van der Waals surface area contributed by atoms with Gasteiger partial charge >= 0.3 is 5.97 Å². The molecule has 0 fully saturated rings. The van der Waals surface area contributed by atoms with Crippen LogP contribution in [0.5, 0.6) is 0 Å². The molecule has 6 nitrogen and oxygen atoms in total. The number of ketones is 1. The summed E-state index contributed by atoms with van der Waals surface area (Å²) in [6.45, 7) is 0.831. The van der Waals surface area contributed by atoms with Crippen molar-refractivity contribution in [3.8, 4) is 6.07 Å². The van der Waals surface area contributed by atoms with Crippen LogP contribution in [-0.2, 0) is 9.53 Å². The van der Waals surface area contributed by atoms with Crippen LogP contribution in [0.1, 0.15) is 17.3 Å². The number of Topliss-reactive ketones (excluding diaryl/α,β-unsaturated/α-hetero) is 1. The molecule has 1 aromatic rings. The number of hydrogen-bond acceptors (Lipinski definition) is 6. The van der Waals surface area contributed by atoms with E-state index < -0.39 is 18.4 Å². The van der Waals surface area contributed by atoms with E-state index in [9.17, 15) is 9.59 Å². The zero-order chi connectivity index (χ0) is 14.4. The van der Waals surface area contributed by atoms with Gasteiger partial charge in [-0.2, -0.15) is 5.26 Å². The van der Waals surface area contributed by atoms with Crippen LogP contribution >= 0.6 is 11.6 Å². The van der Waals surface area contributed by atoms with Gasteiger partial charge in [0.05, 0.1) is 5.56 Å². The highest BCUT2D eigenvalue weighted by Crippen LogP contribution is 2.12. The van der Waals surface area contributed by atoms with E-state index in [1.165, 1.54) is 25.3 Å². The molecule has 0 saturated carbocycles. The summed E-state index contributed by atoms with van der Waals surface area (Å²) in [6, 6.07) is 4.57. The van der Waals surface area contributed by atoms with Gasteiger partial charge < -0.3 is 10.5 Å². The van der Waals surface area contributed by atoms with Crippen LogP contribution in [0.2, 0.25) is 5.15 Å². The number of esters is 1. The second-order valence-electron chi connectivity index (χ2n) is 3.51. The Bertz CT molecular complexity index is 586. The van der Waals surface area contributed by atoms with Gasteiger partial charge in [-0.05, 0) is 19.1 Å². The van der Waals surface area contributed by atoms with Gasteiger partial charge in [0, 0.05) is 11.9 Å². The summed E-state index contributed by atoms with van der Waals surface area (Å²) in [5.74, 6) is -1.46. The Kier molecular flexibility index (Phi) is 5.03. The summed E-state index contributed by atoms with van der Waals surface area (Å²) in [4.78, 5) is 26.9. The van der Waals surface area contributed by atoms with E-state index in [1.807, 2.05) is 0 Å². The number of pyridine rings is 1. The minimum atomic E-state index is -0.793. The fourth-order valence-electron chi connectivity index (χ4n) is 1.19. The third-order valence-corrected chi connectivity index (χ3v) is 2.40. The third kappa shape index (κ3) is 3.79. The number of ether oxygens (including phenoxy) is 1. The highest BCUT2D eigenvalue weighted by atomic mass is 35.5. The van der Waals surface area contributed by atoms with Gasteiger partial charge in [-0.15, -0.1) is 0 Å².